The molecule has 3 rings (SSSR count). The van der Waals surface area contributed by atoms with Gasteiger partial charge in [-0.15, -0.1) is 11.3 Å². The molecule has 1 amide bonds. The van der Waals surface area contributed by atoms with Gasteiger partial charge in [-0.25, -0.2) is 9.97 Å². The number of hydrogen-bond acceptors (Lipinski definition) is 6. The van der Waals surface area contributed by atoms with Crippen molar-refractivity contribution in [2.45, 2.75) is 19.7 Å². The van der Waals surface area contributed by atoms with Crippen LogP contribution in [0, 0.1) is 6.92 Å². The SMILES string of the molecule is Cc1nc(COc2cccc(/C=C/C(=O)NCCNc3ncccc3C(F)(F)F)c2)cs1. The molecule has 0 aliphatic carbocycles. The summed E-state index contributed by atoms with van der Waals surface area (Å²) >= 11 is 1.56. The van der Waals surface area contributed by atoms with E-state index >= 15 is 0 Å². The Balaban J connectivity index is 1.45. The number of carbonyl (C=O) groups excluding carboxylic acids is 1. The molecule has 6 nitrogen and oxygen atoms in total. The highest BCUT2D eigenvalue weighted by molar-refractivity contribution is 7.09. The van der Waals surface area contributed by atoms with E-state index in [2.05, 4.69) is 20.6 Å². The average molecular weight is 462 g/mol. The summed E-state index contributed by atoms with van der Waals surface area (Å²) in [5.41, 5.74) is 0.779. The van der Waals surface area contributed by atoms with Gasteiger partial charge in [0.2, 0.25) is 5.91 Å². The van der Waals surface area contributed by atoms with Crippen molar-refractivity contribution in [3.05, 3.63) is 75.9 Å². The van der Waals surface area contributed by atoms with E-state index in [0.717, 1.165) is 22.3 Å². The number of alkyl halides is 3. The maximum atomic E-state index is 12.9. The first-order valence-corrected chi connectivity index (χ1v) is 10.5. The highest BCUT2D eigenvalue weighted by Crippen LogP contribution is 2.33. The number of anilines is 1. The smallest absolute Gasteiger partial charge is 0.419 e. The van der Waals surface area contributed by atoms with Crippen LogP contribution in [-0.4, -0.2) is 29.0 Å². The number of aryl methyl sites for hydroxylation is 1. The zero-order chi connectivity index (χ0) is 23.0. The highest BCUT2D eigenvalue weighted by Gasteiger charge is 2.33. The van der Waals surface area contributed by atoms with Crippen molar-refractivity contribution < 1.29 is 22.7 Å². The first kappa shape index (κ1) is 23.3. The van der Waals surface area contributed by atoms with Gasteiger partial charge in [-0.1, -0.05) is 12.1 Å². The lowest BCUT2D eigenvalue weighted by Crippen LogP contribution is -2.27. The lowest BCUT2D eigenvalue weighted by atomic mass is 10.2. The van der Waals surface area contributed by atoms with Crippen LogP contribution in [0.25, 0.3) is 6.08 Å². The molecular formula is C22H21F3N4O2S. The van der Waals surface area contributed by atoms with Crippen molar-refractivity contribution in [3.63, 3.8) is 0 Å². The van der Waals surface area contributed by atoms with E-state index in [1.807, 2.05) is 30.5 Å². The predicted octanol–water partition coefficient (Wildman–Crippen LogP) is 4.69. The molecule has 3 aromatic rings. The number of amides is 1. The molecule has 32 heavy (non-hydrogen) atoms. The van der Waals surface area contributed by atoms with E-state index in [0.29, 0.717) is 12.4 Å². The number of pyridine rings is 1. The molecule has 2 heterocycles. The van der Waals surface area contributed by atoms with Gasteiger partial charge < -0.3 is 15.4 Å². The molecule has 0 fully saturated rings. The summed E-state index contributed by atoms with van der Waals surface area (Å²) in [5, 5.41) is 8.12. The van der Waals surface area contributed by atoms with Crippen molar-refractivity contribution in [1.29, 1.82) is 0 Å². The fourth-order valence-electron chi connectivity index (χ4n) is 2.71. The monoisotopic (exact) mass is 462 g/mol. The summed E-state index contributed by atoms with van der Waals surface area (Å²) in [6, 6.07) is 9.42. The highest BCUT2D eigenvalue weighted by atomic mass is 32.1. The molecule has 0 saturated heterocycles. The Hall–Kier alpha value is -3.40. The zero-order valence-corrected chi connectivity index (χ0v) is 18.0. The van der Waals surface area contributed by atoms with E-state index < -0.39 is 11.7 Å². The van der Waals surface area contributed by atoms with Gasteiger partial charge in [0.05, 0.1) is 16.3 Å². The minimum atomic E-state index is -4.50. The van der Waals surface area contributed by atoms with Crippen molar-refractivity contribution in [2.24, 2.45) is 0 Å². The maximum absolute atomic E-state index is 12.9. The van der Waals surface area contributed by atoms with Crippen molar-refractivity contribution in [2.75, 3.05) is 18.4 Å². The molecule has 0 spiro atoms. The molecule has 0 bridgehead atoms. The van der Waals surface area contributed by atoms with Crippen LogP contribution in [0.2, 0.25) is 0 Å². The largest absolute Gasteiger partial charge is 0.487 e. The van der Waals surface area contributed by atoms with Crippen LogP contribution < -0.4 is 15.4 Å². The molecule has 0 saturated carbocycles. The van der Waals surface area contributed by atoms with E-state index in [4.69, 9.17) is 4.74 Å². The molecule has 2 N–H and O–H groups in total. The topological polar surface area (TPSA) is 76.1 Å². The number of halogens is 3. The quantitative estimate of drug-likeness (QED) is 0.357. The van der Waals surface area contributed by atoms with Gasteiger partial charge in [0.15, 0.2) is 0 Å². The minimum absolute atomic E-state index is 0.0963. The first-order chi connectivity index (χ1) is 15.3. The second-order valence-electron chi connectivity index (χ2n) is 6.67. The van der Waals surface area contributed by atoms with Gasteiger partial charge in [0.1, 0.15) is 18.2 Å². The lowest BCUT2D eigenvalue weighted by Gasteiger charge is -2.13. The Morgan fingerprint density at radius 1 is 1.22 bits per heavy atom. The molecule has 0 unspecified atom stereocenters. The Morgan fingerprint density at radius 2 is 2.06 bits per heavy atom. The lowest BCUT2D eigenvalue weighted by molar-refractivity contribution is -0.137. The van der Waals surface area contributed by atoms with Gasteiger partial charge in [-0.2, -0.15) is 13.2 Å². The fourth-order valence-corrected chi connectivity index (χ4v) is 3.31. The number of aromatic nitrogens is 2. The van der Waals surface area contributed by atoms with Gasteiger partial charge in [-0.3, -0.25) is 4.79 Å². The van der Waals surface area contributed by atoms with Crippen molar-refractivity contribution in [1.82, 2.24) is 15.3 Å². The third kappa shape index (κ3) is 7.09. The van der Waals surface area contributed by atoms with E-state index in [1.165, 1.54) is 18.3 Å². The number of nitrogens with one attached hydrogen (secondary N) is 2. The Kier molecular flexibility index (Phi) is 7.82. The third-order valence-electron chi connectivity index (χ3n) is 4.17. The fraction of sp³-hybridized carbons (Fsp3) is 0.227. The maximum Gasteiger partial charge on any atom is 0.419 e. The van der Waals surface area contributed by atoms with Crippen molar-refractivity contribution >= 4 is 29.1 Å². The van der Waals surface area contributed by atoms with Crippen LogP contribution in [-0.2, 0) is 17.6 Å². The summed E-state index contributed by atoms with van der Waals surface area (Å²) in [7, 11) is 0. The molecular weight excluding hydrogens is 441 g/mol. The van der Waals surface area contributed by atoms with Crippen LogP contribution in [0.4, 0.5) is 19.0 Å². The van der Waals surface area contributed by atoms with Crippen LogP contribution in [0.3, 0.4) is 0 Å². The molecule has 2 aromatic heterocycles. The molecule has 0 aliphatic heterocycles. The summed E-state index contributed by atoms with van der Waals surface area (Å²) in [6.45, 7) is 2.52. The minimum Gasteiger partial charge on any atom is -0.487 e. The molecule has 0 atom stereocenters. The first-order valence-electron chi connectivity index (χ1n) is 9.67. The van der Waals surface area contributed by atoms with Gasteiger partial charge in [-0.05, 0) is 42.8 Å². The molecule has 168 valence electrons. The number of nitrogens with zero attached hydrogens (tertiary/aromatic N) is 2. The van der Waals surface area contributed by atoms with Gasteiger partial charge in [0, 0.05) is 30.7 Å². The average Bonchev–Trinajstić information content (AvgIpc) is 3.19. The number of benzene rings is 1. The van der Waals surface area contributed by atoms with Crippen LogP contribution in [0.1, 0.15) is 21.8 Å². The molecule has 1 aromatic carbocycles. The van der Waals surface area contributed by atoms with Crippen molar-refractivity contribution in [3.8, 4) is 5.75 Å². The van der Waals surface area contributed by atoms with Crippen LogP contribution in [0.15, 0.2) is 54.1 Å². The summed E-state index contributed by atoms with van der Waals surface area (Å²) in [6.07, 6.45) is -0.247. The van der Waals surface area contributed by atoms with E-state index in [-0.39, 0.29) is 24.8 Å². The Labute approximate surface area is 187 Å². The second-order valence-corrected chi connectivity index (χ2v) is 7.73. The standard InChI is InChI=1S/C22H21F3N4O2S/c1-15-29-17(14-32-15)13-31-18-5-2-4-16(12-18)7-8-20(30)26-10-11-28-21-19(22(23,24)25)6-3-9-27-21/h2-9,12,14H,10-11,13H2,1H3,(H,26,30)(H,27,28)/b8-7+. The number of ether oxygens (including phenoxy) is 1. The predicted molar refractivity (Wildman–Crippen MR) is 117 cm³/mol. The zero-order valence-electron chi connectivity index (χ0n) is 17.1. The number of carbonyl (C=O) groups is 1. The molecule has 0 radical (unpaired) electrons. The normalized spacial score (nSPS) is 11.5. The van der Waals surface area contributed by atoms with E-state index in [1.54, 1.807) is 23.5 Å². The van der Waals surface area contributed by atoms with Gasteiger partial charge >= 0.3 is 6.18 Å². The summed E-state index contributed by atoms with van der Waals surface area (Å²) in [4.78, 5) is 20.0. The Bertz CT molecular complexity index is 1080. The van der Waals surface area contributed by atoms with Crippen LogP contribution in [0.5, 0.6) is 5.75 Å². The van der Waals surface area contributed by atoms with Crippen LogP contribution >= 0.6 is 11.3 Å². The molecule has 0 aliphatic rings. The molecule has 10 heteroatoms. The number of thiazole rings is 1. The Morgan fingerprint density at radius 3 is 2.81 bits per heavy atom. The number of rotatable bonds is 9. The van der Waals surface area contributed by atoms with Gasteiger partial charge in [0.25, 0.3) is 0 Å². The third-order valence-corrected chi connectivity index (χ3v) is 4.99. The summed E-state index contributed by atoms with van der Waals surface area (Å²) < 4.78 is 44.5. The van der Waals surface area contributed by atoms with E-state index in [9.17, 15) is 18.0 Å². The summed E-state index contributed by atoms with van der Waals surface area (Å²) in [5.74, 6) is 0.0146. The second kappa shape index (κ2) is 10.8. The number of hydrogen-bond donors (Lipinski definition) is 2.